The second-order valence-corrected chi connectivity index (χ2v) is 5.97. The monoisotopic (exact) mass is 367 g/mol. The molecule has 2 rings (SSSR count). The van der Waals surface area contributed by atoms with Gasteiger partial charge in [-0.3, -0.25) is 4.79 Å². The maximum absolute atomic E-state index is 12.4. The average molecular weight is 368 g/mol. The van der Waals surface area contributed by atoms with Crippen LogP contribution in [0.15, 0.2) is 36.4 Å². The molecule has 1 amide bonds. The largest absolute Gasteiger partial charge is 0.493 e. The maximum Gasteiger partial charge on any atom is 0.255 e. The molecule has 0 aliphatic carbocycles. The highest BCUT2D eigenvalue weighted by Crippen LogP contribution is 2.29. The third-order valence-electron chi connectivity index (χ3n) is 3.36. The number of hydrogen-bond donors (Lipinski definition) is 1. The molecule has 0 bridgehead atoms. The first-order valence-electron chi connectivity index (χ1n) is 7.62. The van der Waals surface area contributed by atoms with Crippen molar-refractivity contribution in [2.24, 2.45) is 0 Å². The highest BCUT2D eigenvalue weighted by atomic mass is 35.5. The van der Waals surface area contributed by atoms with Crippen molar-refractivity contribution >= 4 is 34.8 Å². The van der Waals surface area contributed by atoms with E-state index in [9.17, 15) is 4.79 Å². The van der Waals surface area contributed by atoms with Crippen LogP contribution in [0.3, 0.4) is 0 Å². The molecule has 0 unspecified atom stereocenters. The zero-order valence-electron chi connectivity index (χ0n) is 13.6. The third kappa shape index (κ3) is 4.79. The quantitative estimate of drug-likeness (QED) is 0.663. The summed E-state index contributed by atoms with van der Waals surface area (Å²) in [6.45, 7) is 2.71. The summed E-state index contributed by atoms with van der Waals surface area (Å²) in [4.78, 5) is 12.4. The molecule has 0 heterocycles. The third-order valence-corrected chi connectivity index (χ3v) is 4.10. The van der Waals surface area contributed by atoms with E-state index in [-0.39, 0.29) is 5.91 Å². The van der Waals surface area contributed by atoms with Gasteiger partial charge in [-0.15, -0.1) is 0 Å². The summed E-state index contributed by atoms with van der Waals surface area (Å²) in [5.41, 5.74) is 1.03. The minimum Gasteiger partial charge on any atom is -0.493 e. The van der Waals surface area contributed by atoms with Crippen molar-refractivity contribution in [1.29, 1.82) is 0 Å². The summed E-state index contributed by atoms with van der Waals surface area (Å²) in [5.74, 6) is 0.872. The van der Waals surface area contributed by atoms with Crippen molar-refractivity contribution in [3.8, 4) is 11.5 Å². The molecular weight excluding hydrogens is 349 g/mol. The van der Waals surface area contributed by atoms with Crippen molar-refractivity contribution in [1.82, 2.24) is 0 Å². The molecule has 2 aromatic carbocycles. The van der Waals surface area contributed by atoms with Gasteiger partial charge in [0.15, 0.2) is 11.5 Å². The van der Waals surface area contributed by atoms with Crippen molar-refractivity contribution in [3.05, 3.63) is 52.0 Å². The number of carbonyl (C=O) groups is 1. The molecule has 0 spiro atoms. The van der Waals surface area contributed by atoms with Crippen LogP contribution in [0.5, 0.6) is 11.5 Å². The van der Waals surface area contributed by atoms with Crippen LogP contribution >= 0.6 is 23.2 Å². The van der Waals surface area contributed by atoms with Crippen LogP contribution in [-0.4, -0.2) is 19.6 Å². The van der Waals surface area contributed by atoms with Crippen molar-refractivity contribution in [2.75, 3.05) is 19.0 Å². The van der Waals surface area contributed by atoms with E-state index in [2.05, 4.69) is 12.2 Å². The molecule has 2 aromatic rings. The molecule has 0 aliphatic rings. The predicted octanol–water partition coefficient (Wildman–Crippen LogP) is 5.43. The number of benzene rings is 2. The Labute approximate surface area is 151 Å². The van der Waals surface area contributed by atoms with E-state index in [0.717, 1.165) is 12.8 Å². The second kappa shape index (κ2) is 8.81. The van der Waals surface area contributed by atoms with Gasteiger partial charge < -0.3 is 14.8 Å². The number of nitrogens with one attached hydrogen (secondary N) is 1. The first-order valence-corrected chi connectivity index (χ1v) is 8.38. The molecular formula is C18H19Cl2NO3. The van der Waals surface area contributed by atoms with Crippen LogP contribution in [-0.2, 0) is 0 Å². The van der Waals surface area contributed by atoms with Gasteiger partial charge in [-0.05, 0) is 42.8 Å². The SMILES string of the molecule is CCCCOc1ccc(C(=O)Nc2ccc(Cl)c(Cl)c2)cc1OC. The Morgan fingerprint density at radius 3 is 2.54 bits per heavy atom. The number of ether oxygens (including phenoxy) is 2. The fourth-order valence-electron chi connectivity index (χ4n) is 2.03. The fraction of sp³-hybridized carbons (Fsp3) is 0.278. The molecule has 0 radical (unpaired) electrons. The highest BCUT2D eigenvalue weighted by Gasteiger charge is 2.12. The van der Waals surface area contributed by atoms with Gasteiger partial charge in [0.25, 0.3) is 5.91 Å². The Balaban J connectivity index is 2.12. The smallest absolute Gasteiger partial charge is 0.255 e. The van der Waals surface area contributed by atoms with Crippen molar-refractivity contribution < 1.29 is 14.3 Å². The van der Waals surface area contributed by atoms with Gasteiger partial charge in [0.05, 0.1) is 23.8 Å². The van der Waals surface area contributed by atoms with E-state index in [1.165, 1.54) is 0 Å². The molecule has 6 heteroatoms. The molecule has 0 saturated heterocycles. The van der Waals surface area contributed by atoms with Crippen LogP contribution in [0.1, 0.15) is 30.1 Å². The number of methoxy groups -OCH3 is 1. The summed E-state index contributed by atoms with van der Waals surface area (Å²) in [6, 6.07) is 9.99. The standard InChI is InChI=1S/C18H19Cl2NO3/c1-3-4-9-24-16-8-5-12(10-17(16)23-2)18(22)21-13-6-7-14(19)15(20)11-13/h5-8,10-11H,3-4,9H2,1-2H3,(H,21,22). The minimum absolute atomic E-state index is 0.271. The first kappa shape index (κ1) is 18.4. The zero-order chi connectivity index (χ0) is 17.5. The van der Waals surface area contributed by atoms with E-state index in [1.807, 2.05) is 0 Å². The lowest BCUT2D eigenvalue weighted by molar-refractivity contribution is 0.102. The number of unbranched alkanes of at least 4 members (excludes halogenated alkanes) is 1. The van der Waals surface area contributed by atoms with E-state index < -0.39 is 0 Å². The fourth-order valence-corrected chi connectivity index (χ4v) is 2.33. The molecule has 0 atom stereocenters. The molecule has 128 valence electrons. The number of carbonyl (C=O) groups excluding carboxylic acids is 1. The summed E-state index contributed by atoms with van der Waals surface area (Å²) in [5, 5.41) is 3.59. The van der Waals surface area contributed by atoms with Crippen LogP contribution in [0.25, 0.3) is 0 Å². The van der Waals surface area contributed by atoms with Gasteiger partial charge in [-0.25, -0.2) is 0 Å². The zero-order valence-corrected chi connectivity index (χ0v) is 15.1. The Hall–Kier alpha value is -1.91. The maximum atomic E-state index is 12.4. The Kier molecular flexibility index (Phi) is 6.76. The van der Waals surface area contributed by atoms with E-state index in [4.69, 9.17) is 32.7 Å². The molecule has 4 nitrogen and oxygen atoms in total. The topological polar surface area (TPSA) is 47.6 Å². The number of anilines is 1. The van der Waals surface area contributed by atoms with Crippen molar-refractivity contribution in [3.63, 3.8) is 0 Å². The second-order valence-electron chi connectivity index (χ2n) is 5.15. The van der Waals surface area contributed by atoms with E-state index in [0.29, 0.717) is 39.4 Å². The van der Waals surface area contributed by atoms with Crippen LogP contribution in [0, 0.1) is 0 Å². The van der Waals surface area contributed by atoms with E-state index in [1.54, 1.807) is 43.5 Å². The van der Waals surface area contributed by atoms with Gasteiger partial charge in [0, 0.05) is 11.3 Å². The van der Waals surface area contributed by atoms with E-state index >= 15 is 0 Å². The van der Waals surface area contributed by atoms with Gasteiger partial charge in [0.2, 0.25) is 0 Å². The minimum atomic E-state index is -0.271. The number of hydrogen-bond acceptors (Lipinski definition) is 3. The normalized spacial score (nSPS) is 10.3. The van der Waals surface area contributed by atoms with Crippen LogP contribution < -0.4 is 14.8 Å². The molecule has 0 aliphatic heterocycles. The summed E-state index contributed by atoms with van der Waals surface area (Å²) >= 11 is 11.8. The summed E-state index contributed by atoms with van der Waals surface area (Å²) in [6.07, 6.45) is 2.01. The molecule has 0 saturated carbocycles. The van der Waals surface area contributed by atoms with Gasteiger partial charge in [-0.1, -0.05) is 36.5 Å². The first-order chi connectivity index (χ1) is 11.5. The predicted molar refractivity (Wildman–Crippen MR) is 97.8 cm³/mol. The molecule has 24 heavy (non-hydrogen) atoms. The Bertz CT molecular complexity index is 719. The van der Waals surface area contributed by atoms with Gasteiger partial charge in [0.1, 0.15) is 0 Å². The molecule has 1 N–H and O–H groups in total. The Morgan fingerprint density at radius 2 is 1.88 bits per heavy atom. The number of rotatable bonds is 7. The number of amides is 1. The Morgan fingerprint density at radius 1 is 1.08 bits per heavy atom. The van der Waals surface area contributed by atoms with Crippen LogP contribution in [0.2, 0.25) is 10.0 Å². The summed E-state index contributed by atoms with van der Waals surface area (Å²) in [7, 11) is 1.54. The molecule has 0 aromatic heterocycles. The lowest BCUT2D eigenvalue weighted by Gasteiger charge is -2.12. The van der Waals surface area contributed by atoms with Gasteiger partial charge in [-0.2, -0.15) is 0 Å². The van der Waals surface area contributed by atoms with Crippen molar-refractivity contribution in [2.45, 2.75) is 19.8 Å². The lowest BCUT2D eigenvalue weighted by Crippen LogP contribution is -2.12. The van der Waals surface area contributed by atoms with Gasteiger partial charge >= 0.3 is 0 Å². The lowest BCUT2D eigenvalue weighted by atomic mass is 10.2. The number of halogens is 2. The van der Waals surface area contributed by atoms with Crippen LogP contribution in [0.4, 0.5) is 5.69 Å². The molecule has 0 fully saturated rings. The average Bonchev–Trinajstić information content (AvgIpc) is 2.58. The summed E-state index contributed by atoms with van der Waals surface area (Å²) < 4.78 is 11.0. The highest BCUT2D eigenvalue weighted by molar-refractivity contribution is 6.42.